The first-order chi connectivity index (χ1) is 6.68. The number of aryl methyl sites for hydroxylation is 1. The van der Waals surface area contributed by atoms with Gasteiger partial charge in [-0.05, 0) is 32.4 Å². The molecule has 0 aliphatic carbocycles. The zero-order chi connectivity index (χ0) is 10.1. The van der Waals surface area contributed by atoms with E-state index < -0.39 is 0 Å². The maximum absolute atomic E-state index is 5.72. The average molecular weight is 190 g/mol. The van der Waals surface area contributed by atoms with Crippen LogP contribution in [0.2, 0.25) is 0 Å². The maximum atomic E-state index is 5.72. The molecule has 0 atom stereocenters. The molecule has 2 rings (SSSR count). The Morgan fingerprint density at radius 3 is 2.86 bits per heavy atom. The largest absolute Gasteiger partial charge is 0.435 e. The van der Waals surface area contributed by atoms with Crippen molar-refractivity contribution in [2.75, 3.05) is 6.73 Å². The monoisotopic (exact) mass is 190 g/mol. The van der Waals surface area contributed by atoms with Gasteiger partial charge in [-0.1, -0.05) is 12.1 Å². The van der Waals surface area contributed by atoms with Crippen molar-refractivity contribution >= 4 is 6.21 Å². The van der Waals surface area contributed by atoms with Gasteiger partial charge < -0.3 is 4.74 Å². The molecule has 0 fully saturated rings. The molecule has 1 aliphatic rings. The fraction of sp³-hybridized carbons (Fsp3) is 0.417. The van der Waals surface area contributed by atoms with Crippen LogP contribution in [0.4, 0.5) is 0 Å². The van der Waals surface area contributed by atoms with E-state index in [2.05, 4.69) is 49.8 Å². The van der Waals surface area contributed by atoms with E-state index in [1.54, 1.807) is 0 Å². The number of hydrogen-bond acceptors (Lipinski definition) is 1. The predicted octanol–water partition coefficient (Wildman–Crippen LogP) is 2.18. The first kappa shape index (κ1) is 9.25. The van der Waals surface area contributed by atoms with Crippen molar-refractivity contribution in [1.29, 1.82) is 0 Å². The van der Waals surface area contributed by atoms with Gasteiger partial charge in [-0.3, -0.25) is 0 Å². The van der Waals surface area contributed by atoms with E-state index in [1.165, 1.54) is 11.1 Å². The lowest BCUT2D eigenvalue weighted by Crippen LogP contribution is -2.30. The van der Waals surface area contributed by atoms with Crippen molar-refractivity contribution in [2.45, 2.75) is 26.8 Å². The second-order valence-corrected chi connectivity index (χ2v) is 4.00. The van der Waals surface area contributed by atoms with Gasteiger partial charge in [-0.2, -0.15) is 4.58 Å². The topological polar surface area (TPSA) is 12.2 Å². The van der Waals surface area contributed by atoms with Crippen LogP contribution >= 0.6 is 0 Å². The van der Waals surface area contributed by atoms with Crippen LogP contribution in [0.5, 0.6) is 5.75 Å². The van der Waals surface area contributed by atoms with Crippen molar-refractivity contribution in [2.24, 2.45) is 0 Å². The highest BCUT2D eigenvalue weighted by molar-refractivity contribution is 5.81. The summed E-state index contributed by atoms with van der Waals surface area (Å²) < 4.78 is 7.92. The fourth-order valence-electron chi connectivity index (χ4n) is 1.63. The summed E-state index contributed by atoms with van der Waals surface area (Å²) in [7, 11) is 0. The Morgan fingerprint density at radius 2 is 2.14 bits per heavy atom. The smallest absolute Gasteiger partial charge is 0.287 e. The van der Waals surface area contributed by atoms with Crippen LogP contribution in [0, 0.1) is 6.92 Å². The predicted molar refractivity (Wildman–Crippen MR) is 57.2 cm³/mol. The molecular formula is C12H16NO+. The van der Waals surface area contributed by atoms with Gasteiger partial charge in [0.05, 0.1) is 5.56 Å². The highest BCUT2D eigenvalue weighted by atomic mass is 16.5. The summed E-state index contributed by atoms with van der Waals surface area (Å²) in [5.41, 5.74) is 2.40. The molecule has 0 amide bonds. The second-order valence-electron chi connectivity index (χ2n) is 4.00. The lowest BCUT2D eigenvalue weighted by Gasteiger charge is -2.17. The first-order valence-electron chi connectivity index (χ1n) is 5.01. The number of hydrogen-bond donors (Lipinski definition) is 0. The minimum Gasteiger partial charge on any atom is -0.435 e. The molecule has 2 nitrogen and oxygen atoms in total. The summed E-state index contributed by atoms with van der Waals surface area (Å²) >= 11 is 0. The Hall–Kier alpha value is -1.31. The van der Waals surface area contributed by atoms with Crippen molar-refractivity contribution in [3.05, 3.63) is 29.3 Å². The minimum atomic E-state index is 0.490. The van der Waals surface area contributed by atoms with Crippen LogP contribution < -0.4 is 4.74 Å². The molecule has 0 saturated carbocycles. The van der Waals surface area contributed by atoms with E-state index in [4.69, 9.17) is 4.74 Å². The fourth-order valence-corrected chi connectivity index (χ4v) is 1.63. The van der Waals surface area contributed by atoms with Crippen LogP contribution in [0.3, 0.4) is 0 Å². The van der Waals surface area contributed by atoms with Gasteiger partial charge in [0.25, 0.3) is 6.73 Å². The number of nitrogens with zero attached hydrogens (tertiary/aromatic N) is 1. The van der Waals surface area contributed by atoms with Crippen LogP contribution in [-0.2, 0) is 0 Å². The van der Waals surface area contributed by atoms with E-state index in [1.807, 2.05) is 0 Å². The molecule has 0 bridgehead atoms. The molecule has 0 N–H and O–H groups in total. The molecule has 74 valence electrons. The molecule has 0 radical (unpaired) electrons. The Labute approximate surface area is 84.8 Å². The minimum absolute atomic E-state index is 0.490. The lowest BCUT2D eigenvalue weighted by molar-refractivity contribution is -0.584. The van der Waals surface area contributed by atoms with E-state index >= 15 is 0 Å². The van der Waals surface area contributed by atoms with Crippen LogP contribution in [0.1, 0.15) is 25.0 Å². The Morgan fingerprint density at radius 1 is 1.36 bits per heavy atom. The van der Waals surface area contributed by atoms with Gasteiger partial charge in [-0.15, -0.1) is 0 Å². The Balaban J connectivity index is 2.45. The number of benzene rings is 1. The Bertz CT molecular complexity index is 380. The summed E-state index contributed by atoms with van der Waals surface area (Å²) in [6, 6.07) is 6.73. The van der Waals surface area contributed by atoms with Gasteiger partial charge in [0.15, 0.2) is 12.3 Å². The molecular weight excluding hydrogens is 174 g/mol. The van der Waals surface area contributed by atoms with E-state index in [0.29, 0.717) is 12.8 Å². The van der Waals surface area contributed by atoms with Gasteiger partial charge in [0.1, 0.15) is 5.75 Å². The molecule has 1 heterocycles. The van der Waals surface area contributed by atoms with Crippen molar-refractivity contribution in [1.82, 2.24) is 0 Å². The van der Waals surface area contributed by atoms with Crippen LogP contribution in [0.15, 0.2) is 18.2 Å². The highest BCUT2D eigenvalue weighted by Gasteiger charge is 2.19. The molecule has 0 saturated heterocycles. The van der Waals surface area contributed by atoms with E-state index in [9.17, 15) is 0 Å². The van der Waals surface area contributed by atoms with Gasteiger partial charge >= 0.3 is 0 Å². The third-order valence-electron chi connectivity index (χ3n) is 2.57. The molecule has 1 aromatic rings. The van der Waals surface area contributed by atoms with Crippen LogP contribution in [0.25, 0.3) is 0 Å². The zero-order valence-electron chi connectivity index (χ0n) is 8.95. The number of fused-ring (bicyclic) bond motifs is 1. The third kappa shape index (κ3) is 1.52. The zero-order valence-corrected chi connectivity index (χ0v) is 8.95. The first-order valence-corrected chi connectivity index (χ1v) is 5.01. The summed E-state index contributed by atoms with van der Waals surface area (Å²) in [5.74, 6) is 1.03. The number of rotatable bonds is 1. The second kappa shape index (κ2) is 3.45. The summed E-state index contributed by atoms with van der Waals surface area (Å²) in [6.45, 7) is 7.08. The summed E-state index contributed by atoms with van der Waals surface area (Å²) in [4.78, 5) is 0. The molecule has 1 aromatic carbocycles. The summed E-state index contributed by atoms with van der Waals surface area (Å²) in [5, 5.41) is 0. The van der Waals surface area contributed by atoms with Crippen molar-refractivity contribution in [3.8, 4) is 5.75 Å². The van der Waals surface area contributed by atoms with Gasteiger partial charge in [0.2, 0.25) is 0 Å². The molecule has 1 aliphatic heterocycles. The quantitative estimate of drug-likeness (QED) is 0.618. The SMILES string of the molecule is Cc1cccc2c1OC[N+](C(C)C)=C2. The average Bonchev–Trinajstić information content (AvgIpc) is 2.17. The highest BCUT2D eigenvalue weighted by Crippen LogP contribution is 2.24. The third-order valence-corrected chi connectivity index (χ3v) is 2.57. The van der Waals surface area contributed by atoms with Gasteiger partial charge in [0, 0.05) is 0 Å². The summed E-state index contributed by atoms with van der Waals surface area (Å²) in [6.07, 6.45) is 2.18. The molecule has 14 heavy (non-hydrogen) atoms. The standard InChI is InChI=1S/C12H16NO/c1-9(2)13-7-11-6-4-5-10(3)12(11)14-8-13/h4-7,9H,8H2,1-3H3/q+1. The maximum Gasteiger partial charge on any atom is 0.287 e. The molecule has 0 spiro atoms. The molecule has 0 unspecified atom stereocenters. The lowest BCUT2D eigenvalue weighted by atomic mass is 10.1. The van der Waals surface area contributed by atoms with Crippen molar-refractivity contribution in [3.63, 3.8) is 0 Å². The molecule has 0 aromatic heterocycles. The van der Waals surface area contributed by atoms with E-state index in [0.717, 1.165) is 5.75 Å². The molecule has 2 heteroatoms. The van der Waals surface area contributed by atoms with Gasteiger partial charge in [-0.25, -0.2) is 0 Å². The Kier molecular flexibility index (Phi) is 2.28. The number of para-hydroxylation sites is 1. The number of ether oxygens (including phenoxy) is 1. The van der Waals surface area contributed by atoms with Crippen molar-refractivity contribution < 1.29 is 9.31 Å². The van der Waals surface area contributed by atoms with E-state index in [-0.39, 0.29) is 0 Å². The van der Waals surface area contributed by atoms with Crippen LogP contribution in [-0.4, -0.2) is 23.6 Å². The normalized spacial score (nSPS) is 14.7.